The van der Waals surface area contributed by atoms with Crippen molar-refractivity contribution in [2.75, 3.05) is 13.1 Å². The molecule has 0 unspecified atom stereocenters. The van der Waals surface area contributed by atoms with Crippen LogP contribution in [0.4, 0.5) is 0 Å². The van der Waals surface area contributed by atoms with E-state index in [1.54, 1.807) is 12.7 Å². The van der Waals surface area contributed by atoms with Crippen molar-refractivity contribution in [2.45, 2.75) is 20.4 Å². The lowest BCUT2D eigenvalue weighted by Crippen LogP contribution is -2.24. The monoisotopic (exact) mass is 168 g/mol. The summed E-state index contributed by atoms with van der Waals surface area (Å²) < 4.78 is 1.83. The van der Waals surface area contributed by atoms with Crippen LogP contribution in [0.25, 0.3) is 0 Å². The lowest BCUT2D eigenvalue weighted by Gasteiger charge is -2.06. The summed E-state index contributed by atoms with van der Waals surface area (Å²) in [5.41, 5.74) is 0. The molecule has 0 aliphatic rings. The van der Waals surface area contributed by atoms with Crippen LogP contribution >= 0.6 is 0 Å². The van der Waals surface area contributed by atoms with Gasteiger partial charge in [-0.15, -0.1) is 0 Å². The minimum Gasteiger partial charge on any atom is -0.315 e. The van der Waals surface area contributed by atoms with Gasteiger partial charge in [0, 0.05) is 6.54 Å². The second kappa shape index (κ2) is 4.87. The van der Waals surface area contributed by atoms with Crippen molar-refractivity contribution >= 4 is 0 Å². The first-order valence-electron chi connectivity index (χ1n) is 4.32. The summed E-state index contributed by atoms with van der Waals surface area (Å²) >= 11 is 0. The summed E-state index contributed by atoms with van der Waals surface area (Å²) in [6.07, 6.45) is 3.29. The van der Waals surface area contributed by atoms with Gasteiger partial charge in [-0.3, -0.25) is 4.68 Å². The molecule has 4 nitrogen and oxygen atoms in total. The maximum Gasteiger partial charge on any atom is 0.137 e. The summed E-state index contributed by atoms with van der Waals surface area (Å²) in [5, 5.41) is 7.33. The molecule has 0 amide bonds. The highest BCUT2D eigenvalue weighted by molar-refractivity contribution is 4.57. The number of hydrogen-bond acceptors (Lipinski definition) is 3. The van der Waals surface area contributed by atoms with Gasteiger partial charge < -0.3 is 5.32 Å². The minimum atomic E-state index is 0.709. The van der Waals surface area contributed by atoms with E-state index in [0.717, 1.165) is 19.6 Å². The third-order valence-electron chi connectivity index (χ3n) is 1.54. The highest BCUT2D eigenvalue weighted by Gasteiger charge is 1.93. The van der Waals surface area contributed by atoms with Crippen LogP contribution in [-0.2, 0) is 6.54 Å². The van der Waals surface area contributed by atoms with E-state index < -0.39 is 0 Å². The zero-order chi connectivity index (χ0) is 8.81. The standard InChI is InChI=1S/C8H16N4/c1-8(2)5-9-3-4-12-7-10-6-11-12/h6-9H,3-5H2,1-2H3. The molecule has 0 spiro atoms. The average Bonchev–Trinajstić information content (AvgIpc) is 2.49. The Morgan fingerprint density at radius 1 is 1.50 bits per heavy atom. The summed E-state index contributed by atoms with van der Waals surface area (Å²) in [6.45, 7) is 7.31. The van der Waals surface area contributed by atoms with Gasteiger partial charge in [-0.05, 0) is 12.5 Å². The van der Waals surface area contributed by atoms with Crippen molar-refractivity contribution in [3.8, 4) is 0 Å². The molecule has 0 aromatic carbocycles. The number of hydrogen-bond donors (Lipinski definition) is 1. The molecule has 12 heavy (non-hydrogen) atoms. The molecule has 4 heteroatoms. The van der Waals surface area contributed by atoms with Gasteiger partial charge in [0.05, 0.1) is 6.54 Å². The van der Waals surface area contributed by atoms with Crippen molar-refractivity contribution in [2.24, 2.45) is 5.92 Å². The van der Waals surface area contributed by atoms with E-state index in [-0.39, 0.29) is 0 Å². The maximum atomic E-state index is 4.00. The zero-order valence-electron chi connectivity index (χ0n) is 7.70. The summed E-state index contributed by atoms with van der Waals surface area (Å²) in [6, 6.07) is 0. The Kier molecular flexibility index (Phi) is 3.73. The molecule has 68 valence electrons. The second-order valence-corrected chi connectivity index (χ2v) is 3.26. The van der Waals surface area contributed by atoms with Gasteiger partial charge >= 0.3 is 0 Å². The molecule has 0 bridgehead atoms. The molecule has 0 aliphatic carbocycles. The van der Waals surface area contributed by atoms with Gasteiger partial charge in [0.2, 0.25) is 0 Å². The van der Waals surface area contributed by atoms with E-state index in [1.165, 1.54) is 0 Å². The minimum absolute atomic E-state index is 0.709. The summed E-state index contributed by atoms with van der Waals surface area (Å²) in [4.78, 5) is 3.86. The zero-order valence-corrected chi connectivity index (χ0v) is 7.70. The Morgan fingerprint density at radius 2 is 2.33 bits per heavy atom. The third-order valence-corrected chi connectivity index (χ3v) is 1.54. The Labute approximate surface area is 73.0 Å². The lowest BCUT2D eigenvalue weighted by molar-refractivity contribution is 0.506. The molecule has 0 radical (unpaired) electrons. The molecule has 0 aliphatic heterocycles. The Morgan fingerprint density at radius 3 is 2.92 bits per heavy atom. The van der Waals surface area contributed by atoms with Gasteiger partial charge in [-0.25, -0.2) is 4.98 Å². The fourth-order valence-corrected chi connectivity index (χ4v) is 0.933. The van der Waals surface area contributed by atoms with E-state index >= 15 is 0 Å². The Bertz CT molecular complexity index is 193. The molecule has 1 aromatic rings. The average molecular weight is 168 g/mol. The topological polar surface area (TPSA) is 42.7 Å². The van der Waals surface area contributed by atoms with Gasteiger partial charge in [0.15, 0.2) is 0 Å². The van der Waals surface area contributed by atoms with Crippen LogP contribution in [0.1, 0.15) is 13.8 Å². The molecular formula is C8H16N4. The normalized spacial score (nSPS) is 10.9. The second-order valence-electron chi connectivity index (χ2n) is 3.26. The van der Waals surface area contributed by atoms with E-state index in [9.17, 15) is 0 Å². The molecule has 0 saturated heterocycles. The van der Waals surface area contributed by atoms with Crippen LogP contribution in [-0.4, -0.2) is 27.9 Å². The number of aromatic nitrogens is 3. The first-order chi connectivity index (χ1) is 5.79. The number of nitrogens with zero attached hydrogens (tertiary/aromatic N) is 3. The third kappa shape index (κ3) is 3.48. The van der Waals surface area contributed by atoms with E-state index in [0.29, 0.717) is 5.92 Å². The fraction of sp³-hybridized carbons (Fsp3) is 0.750. The SMILES string of the molecule is CC(C)CNCCn1cncn1. The van der Waals surface area contributed by atoms with Crippen molar-refractivity contribution in [1.29, 1.82) is 0 Å². The summed E-state index contributed by atoms with van der Waals surface area (Å²) in [7, 11) is 0. The van der Waals surface area contributed by atoms with Crippen molar-refractivity contribution in [1.82, 2.24) is 20.1 Å². The molecule has 1 rings (SSSR count). The lowest BCUT2D eigenvalue weighted by atomic mass is 10.2. The first-order valence-corrected chi connectivity index (χ1v) is 4.32. The highest BCUT2D eigenvalue weighted by Crippen LogP contribution is 1.86. The van der Waals surface area contributed by atoms with E-state index in [1.807, 2.05) is 4.68 Å². The van der Waals surface area contributed by atoms with Crippen molar-refractivity contribution in [3.05, 3.63) is 12.7 Å². The molecule has 1 aromatic heterocycles. The Balaban J connectivity index is 2.04. The van der Waals surface area contributed by atoms with Gasteiger partial charge in [0.25, 0.3) is 0 Å². The van der Waals surface area contributed by atoms with Crippen LogP contribution in [0, 0.1) is 5.92 Å². The van der Waals surface area contributed by atoms with E-state index in [4.69, 9.17) is 0 Å². The number of rotatable bonds is 5. The molecule has 1 N–H and O–H groups in total. The largest absolute Gasteiger partial charge is 0.315 e. The predicted molar refractivity (Wildman–Crippen MR) is 47.7 cm³/mol. The van der Waals surface area contributed by atoms with Crippen LogP contribution in [0.3, 0.4) is 0 Å². The van der Waals surface area contributed by atoms with E-state index in [2.05, 4.69) is 29.2 Å². The van der Waals surface area contributed by atoms with Gasteiger partial charge in [-0.2, -0.15) is 5.10 Å². The van der Waals surface area contributed by atoms with Crippen LogP contribution in [0.2, 0.25) is 0 Å². The quantitative estimate of drug-likeness (QED) is 0.652. The van der Waals surface area contributed by atoms with Crippen LogP contribution in [0.5, 0.6) is 0 Å². The molecular weight excluding hydrogens is 152 g/mol. The number of nitrogens with one attached hydrogen (secondary N) is 1. The van der Waals surface area contributed by atoms with Gasteiger partial charge in [0.1, 0.15) is 12.7 Å². The molecule has 1 heterocycles. The maximum absolute atomic E-state index is 4.00. The summed E-state index contributed by atoms with van der Waals surface area (Å²) in [5.74, 6) is 0.709. The molecule has 0 fully saturated rings. The Hall–Kier alpha value is -0.900. The van der Waals surface area contributed by atoms with Crippen LogP contribution in [0.15, 0.2) is 12.7 Å². The predicted octanol–water partition coefficient (Wildman–Crippen LogP) is 0.524. The fourth-order valence-electron chi connectivity index (χ4n) is 0.933. The highest BCUT2D eigenvalue weighted by atomic mass is 15.3. The molecule has 0 saturated carbocycles. The smallest absolute Gasteiger partial charge is 0.137 e. The molecule has 0 atom stereocenters. The van der Waals surface area contributed by atoms with Crippen molar-refractivity contribution in [3.63, 3.8) is 0 Å². The van der Waals surface area contributed by atoms with Crippen LogP contribution < -0.4 is 5.32 Å². The van der Waals surface area contributed by atoms with Crippen molar-refractivity contribution < 1.29 is 0 Å². The van der Waals surface area contributed by atoms with Gasteiger partial charge in [-0.1, -0.05) is 13.8 Å². The first kappa shape index (κ1) is 9.19.